The van der Waals surface area contributed by atoms with Crippen LogP contribution < -0.4 is 10.8 Å². The summed E-state index contributed by atoms with van der Waals surface area (Å²) < 4.78 is 0. The quantitative estimate of drug-likeness (QED) is 0.492. The molecule has 1 aliphatic heterocycles. The number of nitrogens with zero attached hydrogens (tertiary/aromatic N) is 1. The molecule has 5 nitrogen and oxygen atoms in total. The first-order valence-corrected chi connectivity index (χ1v) is 6.39. The zero-order valence-electron chi connectivity index (χ0n) is 11.1. The number of piperidine rings is 1. The Hall–Kier alpha value is -0.650. The number of amides is 1. The summed E-state index contributed by atoms with van der Waals surface area (Å²) in [4.78, 5) is 13.7. The molecule has 17 heavy (non-hydrogen) atoms. The van der Waals surface area contributed by atoms with Gasteiger partial charge in [-0.2, -0.15) is 0 Å². The van der Waals surface area contributed by atoms with E-state index < -0.39 is 0 Å². The highest BCUT2D eigenvalue weighted by molar-refractivity contribution is 5.76. The van der Waals surface area contributed by atoms with E-state index in [-0.39, 0.29) is 11.4 Å². The van der Waals surface area contributed by atoms with E-state index in [4.69, 9.17) is 5.21 Å². The second-order valence-electron chi connectivity index (χ2n) is 5.12. The van der Waals surface area contributed by atoms with Crippen molar-refractivity contribution in [3.63, 3.8) is 0 Å². The lowest BCUT2D eigenvalue weighted by molar-refractivity contribution is -0.131. The first-order valence-electron chi connectivity index (χ1n) is 6.39. The van der Waals surface area contributed by atoms with Gasteiger partial charge < -0.3 is 10.2 Å². The van der Waals surface area contributed by atoms with Crippen molar-refractivity contribution in [1.82, 2.24) is 15.7 Å². The lowest BCUT2D eigenvalue weighted by atomic mass is 9.79. The molecule has 0 spiro atoms. The van der Waals surface area contributed by atoms with E-state index >= 15 is 0 Å². The molecule has 0 aromatic rings. The van der Waals surface area contributed by atoms with E-state index in [0.29, 0.717) is 12.5 Å². The fourth-order valence-corrected chi connectivity index (χ4v) is 2.76. The molecule has 2 atom stereocenters. The minimum Gasteiger partial charge on any atom is -0.314 e. The van der Waals surface area contributed by atoms with Crippen molar-refractivity contribution < 1.29 is 10.0 Å². The lowest BCUT2D eigenvalue weighted by Gasteiger charge is -2.45. The number of hydrogen-bond acceptors (Lipinski definition) is 4. The molecule has 1 saturated heterocycles. The summed E-state index contributed by atoms with van der Waals surface area (Å²) in [6.45, 7) is 3.17. The van der Waals surface area contributed by atoms with Gasteiger partial charge in [-0.15, -0.1) is 0 Å². The van der Waals surface area contributed by atoms with Crippen LogP contribution in [-0.4, -0.2) is 48.2 Å². The van der Waals surface area contributed by atoms with Crippen LogP contribution in [0.3, 0.4) is 0 Å². The van der Waals surface area contributed by atoms with E-state index in [1.165, 1.54) is 0 Å². The number of hydroxylamine groups is 1. The molecule has 0 bridgehead atoms. The van der Waals surface area contributed by atoms with Gasteiger partial charge in [-0.05, 0) is 39.9 Å². The Morgan fingerprint density at radius 3 is 2.82 bits per heavy atom. The predicted molar refractivity (Wildman–Crippen MR) is 66.9 cm³/mol. The highest BCUT2D eigenvalue weighted by Gasteiger charge is 2.38. The summed E-state index contributed by atoms with van der Waals surface area (Å²) in [5, 5.41) is 12.0. The molecule has 0 aromatic heterocycles. The van der Waals surface area contributed by atoms with Gasteiger partial charge in [0.25, 0.3) is 0 Å². The molecule has 1 fully saturated rings. The van der Waals surface area contributed by atoms with Crippen LogP contribution in [0.15, 0.2) is 0 Å². The van der Waals surface area contributed by atoms with Crippen LogP contribution in [0.4, 0.5) is 0 Å². The molecule has 1 amide bonds. The molecule has 3 N–H and O–H groups in total. The third kappa shape index (κ3) is 3.66. The van der Waals surface area contributed by atoms with Crippen LogP contribution in [-0.2, 0) is 4.79 Å². The highest BCUT2D eigenvalue weighted by atomic mass is 16.5. The molecule has 0 unspecified atom stereocenters. The molecule has 1 aliphatic rings. The maximum atomic E-state index is 11.4. The SMILES string of the molecule is CCC[C@@H]1C[C@](CC(=O)NO)(NC)CCN1C. The van der Waals surface area contributed by atoms with Gasteiger partial charge in [0.05, 0.1) is 0 Å². The summed E-state index contributed by atoms with van der Waals surface area (Å²) in [5.41, 5.74) is 1.57. The van der Waals surface area contributed by atoms with Crippen molar-refractivity contribution in [2.75, 3.05) is 20.6 Å². The second kappa shape index (κ2) is 6.33. The summed E-state index contributed by atoms with van der Waals surface area (Å²) >= 11 is 0. The molecule has 0 aromatic carbocycles. The van der Waals surface area contributed by atoms with Crippen molar-refractivity contribution in [3.8, 4) is 0 Å². The number of likely N-dealkylation sites (tertiary alicyclic amines) is 1. The normalized spacial score (nSPS) is 30.2. The van der Waals surface area contributed by atoms with Gasteiger partial charge in [0.1, 0.15) is 0 Å². The highest BCUT2D eigenvalue weighted by Crippen LogP contribution is 2.30. The van der Waals surface area contributed by atoms with Gasteiger partial charge in [-0.1, -0.05) is 13.3 Å². The van der Waals surface area contributed by atoms with Crippen LogP contribution in [0.1, 0.15) is 39.0 Å². The fourth-order valence-electron chi connectivity index (χ4n) is 2.76. The molecular formula is C12H25N3O2. The molecule has 0 aliphatic carbocycles. The molecule has 100 valence electrons. The second-order valence-corrected chi connectivity index (χ2v) is 5.12. The Balaban J connectivity index is 2.68. The molecule has 0 radical (unpaired) electrons. The Morgan fingerprint density at radius 1 is 1.59 bits per heavy atom. The monoisotopic (exact) mass is 243 g/mol. The van der Waals surface area contributed by atoms with Crippen LogP contribution in [0, 0.1) is 0 Å². The zero-order valence-corrected chi connectivity index (χ0v) is 11.1. The van der Waals surface area contributed by atoms with Crippen molar-refractivity contribution in [2.45, 2.75) is 50.6 Å². The van der Waals surface area contributed by atoms with Crippen LogP contribution >= 0.6 is 0 Å². The van der Waals surface area contributed by atoms with Gasteiger partial charge in [-0.3, -0.25) is 10.0 Å². The van der Waals surface area contributed by atoms with Crippen LogP contribution in [0.5, 0.6) is 0 Å². The first-order chi connectivity index (χ1) is 8.06. The number of hydrogen-bond donors (Lipinski definition) is 3. The predicted octanol–water partition coefficient (Wildman–Crippen LogP) is 0.734. The molecule has 1 rings (SSSR count). The summed E-state index contributed by atoms with van der Waals surface area (Å²) in [6, 6.07) is 0.521. The molecule has 0 saturated carbocycles. The topological polar surface area (TPSA) is 64.6 Å². The van der Waals surface area contributed by atoms with E-state index in [1.54, 1.807) is 5.48 Å². The third-order valence-corrected chi connectivity index (χ3v) is 3.97. The van der Waals surface area contributed by atoms with Gasteiger partial charge in [-0.25, -0.2) is 5.48 Å². The third-order valence-electron chi connectivity index (χ3n) is 3.97. The Bertz CT molecular complexity index is 260. The van der Waals surface area contributed by atoms with Crippen LogP contribution in [0.25, 0.3) is 0 Å². The number of rotatable bonds is 5. The largest absolute Gasteiger partial charge is 0.314 e. The van der Waals surface area contributed by atoms with Crippen molar-refractivity contribution >= 4 is 5.91 Å². The summed E-state index contributed by atoms with van der Waals surface area (Å²) in [6.07, 6.45) is 4.55. The van der Waals surface area contributed by atoms with E-state index in [1.807, 2.05) is 7.05 Å². The Kier molecular flexibility index (Phi) is 5.36. The summed E-state index contributed by atoms with van der Waals surface area (Å²) in [5.74, 6) is -0.306. The van der Waals surface area contributed by atoms with E-state index in [2.05, 4.69) is 24.2 Å². The maximum Gasteiger partial charge on any atom is 0.245 e. The van der Waals surface area contributed by atoms with Gasteiger partial charge in [0.15, 0.2) is 0 Å². The van der Waals surface area contributed by atoms with E-state index in [9.17, 15) is 4.79 Å². The number of nitrogens with one attached hydrogen (secondary N) is 2. The summed E-state index contributed by atoms with van der Waals surface area (Å²) in [7, 11) is 4.05. The zero-order chi connectivity index (χ0) is 12.9. The van der Waals surface area contributed by atoms with Gasteiger partial charge in [0, 0.05) is 18.0 Å². The van der Waals surface area contributed by atoms with Crippen molar-refractivity contribution in [1.29, 1.82) is 0 Å². The van der Waals surface area contributed by atoms with Crippen molar-refractivity contribution in [3.05, 3.63) is 0 Å². The smallest absolute Gasteiger partial charge is 0.245 e. The Morgan fingerprint density at radius 2 is 2.29 bits per heavy atom. The van der Waals surface area contributed by atoms with Gasteiger partial charge in [0.2, 0.25) is 5.91 Å². The van der Waals surface area contributed by atoms with E-state index in [0.717, 1.165) is 32.2 Å². The molecule has 5 heteroatoms. The average Bonchev–Trinajstić information content (AvgIpc) is 2.34. The number of carbonyl (C=O) groups is 1. The van der Waals surface area contributed by atoms with Crippen molar-refractivity contribution in [2.24, 2.45) is 0 Å². The standard InChI is InChI=1S/C12H25N3O2/c1-4-5-10-8-12(13-2,6-7-15(10)3)9-11(16)14-17/h10,13,17H,4-9H2,1-3H3,(H,14,16)/t10-,12-/m1/s1. The van der Waals surface area contributed by atoms with Gasteiger partial charge >= 0.3 is 0 Å². The molecular weight excluding hydrogens is 218 g/mol. The number of carbonyl (C=O) groups excluding carboxylic acids is 1. The maximum absolute atomic E-state index is 11.4. The molecule has 1 heterocycles. The Labute approximate surface area is 104 Å². The van der Waals surface area contributed by atoms with Crippen LogP contribution in [0.2, 0.25) is 0 Å². The minimum absolute atomic E-state index is 0.167. The first kappa shape index (κ1) is 14.4. The minimum atomic E-state index is -0.306. The average molecular weight is 243 g/mol. The lowest BCUT2D eigenvalue weighted by Crippen LogP contribution is -2.56. The fraction of sp³-hybridized carbons (Fsp3) is 0.917.